The first-order valence-electron chi connectivity index (χ1n) is 6.37. The largest absolute Gasteiger partial charge is 0.313 e. The van der Waals surface area contributed by atoms with E-state index >= 15 is 0 Å². The lowest BCUT2D eigenvalue weighted by atomic mass is 10.1. The van der Waals surface area contributed by atoms with E-state index in [2.05, 4.69) is 42.3 Å². The highest BCUT2D eigenvalue weighted by atomic mass is 15.1. The average molecular weight is 218 g/mol. The zero-order valence-corrected chi connectivity index (χ0v) is 10.4. The van der Waals surface area contributed by atoms with Crippen molar-refractivity contribution in [3.05, 3.63) is 34.9 Å². The summed E-state index contributed by atoms with van der Waals surface area (Å²) in [5, 5.41) is 3.38. The predicted octanol–water partition coefficient (Wildman–Crippen LogP) is 2.52. The van der Waals surface area contributed by atoms with Crippen LogP contribution >= 0.6 is 0 Å². The van der Waals surface area contributed by atoms with Crippen molar-refractivity contribution in [2.24, 2.45) is 0 Å². The number of hydrogen-bond donors (Lipinski definition) is 1. The van der Waals surface area contributed by atoms with Crippen molar-refractivity contribution in [3.63, 3.8) is 0 Å². The van der Waals surface area contributed by atoms with Gasteiger partial charge >= 0.3 is 0 Å². The molecule has 0 fully saturated rings. The summed E-state index contributed by atoms with van der Waals surface area (Å²) in [6.45, 7) is 9.94. The first-order chi connectivity index (χ1) is 7.83. The number of nitrogens with one attached hydrogen (secondary N) is 1. The molecular weight excluding hydrogens is 196 g/mol. The van der Waals surface area contributed by atoms with Crippen LogP contribution in [0.2, 0.25) is 0 Å². The van der Waals surface area contributed by atoms with Crippen LogP contribution in [0.25, 0.3) is 0 Å². The molecule has 1 aromatic carbocycles. The summed E-state index contributed by atoms with van der Waals surface area (Å²) in [5.41, 5.74) is 4.47. The molecule has 0 aliphatic carbocycles. The van der Waals surface area contributed by atoms with Crippen LogP contribution in [0.4, 0.5) is 0 Å². The molecule has 0 bridgehead atoms. The summed E-state index contributed by atoms with van der Waals surface area (Å²) in [7, 11) is 0. The average Bonchev–Trinajstić information content (AvgIpc) is 2.68. The van der Waals surface area contributed by atoms with Gasteiger partial charge in [-0.1, -0.05) is 32.0 Å². The number of fused-ring (bicyclic) bond motifs is 1. The maximum Gasteiger partial charge on any atom is 0.0240 e. The minimum absolute atomic E-state index is 0.998. The summed E-state index contributed by atoms with van der Waals surface area (Å²) in [5.74, 6) is 0. The third-order valence-corrected chi connectivity index (χ3v) is 3.18. The van der Waals surface area contributed by atoms with Crippen LogP contribution < -0.4 is 5.32 Å². The fraction of sp³-hybridized carbons (Fsp3) is 0.571. The molecule has 2 heteroatoms. The molecule has 0 aromatic heterocycles. The van der Waals surface area contributed by atoms with Crippen LogP contribution in [-0.4, -0.2) is 18.0 Å². The zero-order valence-electron chi connectivity index (χ0n) is 10.4. The normalized spacial score (nSPS) is 15.4. The van der Waals surface area contributed by atoms with E-state index < -0.39 is 0 Å². The standard InChI is InChI=1S/C14H22N2/c1-3-7-16-10-13-6-5-12(9-15-4-2)8-14(13)11-16/h5-6,8,15H,3-4,7,9-11H2,1-2H3. The number of benzene rings is 1. The van der Waals surface area contributed by atoms with Crippen molar-refractivity contribution >= 4 is 0 Å². The van der Waals surface area contributed by atoms with Gasteiger partial charge < -0.3 is 5.32 Å². The van der Waals surface area contributed by atoms with E-state index in [4.69, 9.17) is 0 Å². The highest BCUT2D eigenvalue weighted by molar-refractivity contribution is 5.34. The summed E-state index contributed by atoms with van der Waals surface area (Å²) in [6.07, 6.45) is 1.25. The first kappa shape index (κ1) is 11.6. The van der Waals surface area contributed by atoms with Gasteiger partial charge in [-0.15, -0.1) is 0 Å². The molecular formula is C14H22N2. The lowest BCUT2D eigenvalue weighted by molar-refractivity contribution is 0.285. The number of rotatable bonds is 5. The third kappa shape index (κ3) is 2.63. The Morgan fingerprint density at radius 2 is 2.00 bits per heavy atom. The highest BCUT2D eigenvalue weighted by Crippen LogP contribution is 2.23. The second kappa shape index (κ2) is 5.46. The molecule has 1 N–H and O–H groups in total. The first-order valence-corrected chi connectivity index (χ1v) is 6.37. The Balaban J connectivity index is 2.02. The van der Waals surface area contributed by atoms with Gasteiger partial charge in [-0.25, -0.2) is 0 Å². The van der Waals surface area contributed by atoms with E-state index in [1.807, 2.05) is 0 Å². The number of hydrogen-bond acceptors (Lipinski definition) is 2. The molecule has 0 saturated heterocycles. The fourth-order valence-corrected chi connectivity index (χ4v) is 2.37. The maximum absolute atomic E-state index is 3.38. The van der Waals surface area contributed by atoms with Crippen molar-refractivity contribution in [2.75, 3.05) is 13.1 Å². The smallest absolute Gasteiger partial charge is 0.0240 e. The van der Waals surface area contributed by atoms with Gasteiger partial charge in [0.2, 0.25) is 0 Å². The van der Waals surface area contributed by atoms with Crippen LogP contribution in [0, 0.1) is 0 Å². The molecule has 1 heterocycles. The molecule has 16 heavy (non-hydrogen) atoms. The summed E-state index contributed by atoms with van der Waals surface area (Å²) in [6, 6.07) is 6.93. The Morgan fingerprint density at radius 3 is 2.75 bits per heavy atom. The van der Waals surface area contributed by atoms with Crippen molar-refractivity contribution < 1.29 is 0 Å². The minimum Gasteiger partial charge on any atom is -0.313 e. The Morgan fingerprint density at radius 1 is 1.19 bits per heavy atom. The minimum atomic E-state index is 0.998. The molecule has 0 unspecified atom stereocenters. The Kier molecular flexibility index (Phi) is 3.97. The van der Waals surface area contributed by atoms with Gasteiger partial charge in [-0.2, -0.15) is 0 Å². The molecule has 0 radical (unpaired) electrons. The third-order valence-electron chi connectivity index (χ3n) is 3.18. The summed E-state index contributed by atoms with van der Waals surface area (Å²) >= 11 is 0. The van der Waals surface area contributed by atoms with Crippen LogP contribution in [-0.2, 0) is 19.6 Å². The molecule has 2 rings (SSSR count). The van der Waals surface area contributed by atoms with Gasteiger partial charge in [0.25, 0.3) is 0 Å². The van der Waals surface area contributed by atoms with Crippen LogP contribution in [0.1, 0.15) is 37.0 Å². The van der Waals surface area contributed by atoms with E-state index in [-0.39, 0.29) is 0 Å². The number of nitrogens with zero attached hydrogens (tertiary/aromatic N) is 1. The van der Waals surface area contributed by atoms with Crippen molar-refractivity contribution in [1.82, 2.24) is 10.2 Å². The molecule has 0 saturated carbocycles. The topological polar surface area (TPSA) is 15.3 Å². The second-order valence-corrected chi connectivity index (χ2v) is 4.59. The molecule has 0 atom stereocenters. The van der Waals surface area contributed by atoms with E-state index in [1.54, 1.807) is 0 Å². The SMILES string of the molecule is CCCN1Cc2ccc(CNCC)cc2C1. The van der Waals surface area contributed by atoms with Crippen molar-refractivity contribution in [1.29, 1.82) is 0 Å². The molecule has 0 spiro atoms. The second-order valence-electron chi connectivity index (χ2n) is 4.59. The highest BCUT2D eigenvalue weighted by Gasteiger charge is 2.17. The Labute approximate surface area is 98.7 Å². The summed E-state index contributed by atoms with van der Waals surface area (Å²) in [4.78, 5) is 2.53. The van der Waals surface area contributed by atoms with Crippen molar-refractivity contribution in [3.8, 4) is 0 Å². The van der Waals surface area contributed by atoms with E-state index in [0.29, 0.717) is 0 Å². The van der Waals surface area contributed by atoms with E-state index in [0.717, 1.165) is 26.2 Å². The summed E-state index contributed by atoms with van der Waals surface area (Å²) < 4.78 is 0. The maximum atomic E-state index is 3.38. The fourth-order valence-electron chi connectivity index (χ4n) is 2.37. The molecule has 1 aromatic rings. The van der Waals surface area contributed by atoms with E-state index in [1.165, 1.54) is 29.7 Å². The zero-order chi connectivity index (χ0) is 11.4. The monoisotopic (exact) mass is 218 g/mol. The van der Waals surface area contributed by atoms with Crippen molar-refractivity contribution in [2.45, 2.75) is 39.9 Å². The Hall–Kier alpha value is -0.860. The molecule has 1 aliphatic heterocycles. The van der Waals surface area contributed by atoms with Gasteiger partial charge in [0, 0.05) is 19.6 Å². The van der Waals surface area contributed by atoms with Crippen LogP contribution in [0.5, 0.6) is 0 Å². The molecule has 0 amide bonds. The van der Waals surface area contributed by atoms with Gasteiger partial charge in [0.05, 0.1) is 0 Å². The van der Waals surface area contributed by atoms with Gasteiger partial charge in [-0.05, 0) is 36.2 Å². The van der Waals surface area contributed by atoms with E-state index in [9.17, 15) is 0 Å². The van der Waals surface area contributed by atoms with Gasteiger partial charge in [0.1, 0.15) is 0 Å². The lowest BCUT2D eigenvalue weighted by Gasteiger charge is -2.11. The molecule has 1 aliphatic rings. The Bertz CT molecular complexity index is 347. The lowest BCUT2D eigenvalue weighted by Crippen LogP contribution is -2.16. The van der Waals surface area contributed by atoms with Gasteiger partial charge in [0.15, 0.2) is 0 Å². The molecule has 88 valence electrons. The molecule has 2 nitrogen and oxygen atoms in total. The van der Waals surface area contributed by atoms with Crippen LogP contribution in [0.3, 0.4) is 0 Å². The van der Waals surface area contributed by atoms with Gasteiger partial charge in [-0.3, -0.25) is 4.90 Å². The predicted molar refractivity (Wildman–Crippen MR) is 68.2 cm³/mol. The quantitative estimate of drug-likeness (QED) is 0.817. The van der Waals surface area contributed by atoms with Crippen LogP contribution in [0.15, 0.2) is 18.2 Å².